The van der Waals surface area contributed by atoms with Gasteiger partial charge in [0, 0.05) is 16.3 Å². The molecule has 0 saturated carbocycles. The number of anilines is 1. The van der Waals surface area contributed by atoms with Crippen LogP contribution >= 0.6 is 11.6 Å². The van der Waals surface area contributed by atoms with Gasteiger partial charge < -0.3 is 15.2 Å². The molecule has 8 heteroatoms. The van der Waals surface area contributed by atoms with Crippen molar-refractivity contribution >= 4 is 28.8 Å². The number of methoxy groups -OCH3 is 2. The van der Waals surface area contributed by atoms with Gasteiger partial charge in [-0.3, -0.25) is 0 Å². The lowest BCUT2D eigenvalue weighted by atomic mass is 10.0. The summed E-state index contributed by atoms with van der Waals surface area (Å²) in [4.78, 5) is 12.2. The zero-order chi connectivity index (χ0) is 20.1. The van der Waals surface area contributed by atoms with E-state index in [0.29, 0.717) is 28.5 Å². The molecule has 7 nitrogen and oxygen atoms in total. The third-order valence-electron chi connectivity index (χ3n) is 4.11. The number of carbonyl (C=O) groups is 1. The predicted octanol–water partition coefficient (Wildman–Crippen LogP) is 3.39. The predicted molar refractivity (Wildman–Crippen MR) is 107 cm³/mol. The number of hydrogen-bond acceptors (Lipinski definition) is 6. The highest BCUT2D eigenvalue weighted by atomic mass is 35.5. The summed E-state index contributed by atoms with van der Waals surface area (Å²) in [6, 6.07) is 12.7. The van der Waals surface area contributed by atoms with Crippen LogP contribution in [0.5, 0.6) is 0 Å². The fourth-order valence-electron chi connectivity index (χ4n) is 2.79. The van der Waals surface area contributed by atoms with E-state index in [9.17, 15) is 4.79 Å². The Balaban J connectivity index is 1.97. The highest BCUT2D eigenvalue weighted by Crippen LogP contribution is 2.27. The number of halogens is 1. The summed E-state index contributed by atoms with van der Waals surface area (Å²) in [5.74, 6) is -0.526. The second-order valence-corrected chi connectivity index (χ2v) is 6.39. The molecule has 0 saturated heterocycles. The first-order chi connectivity index (χ1) is 13.5. The first-order valence-electron chi connectivity index (χ1n) is 8.38. The van der Waals surface area contributed by atoms with Crippen molar-refractivity contribution in [1.82, 2.24) is 15.0 Å². The number of carbonyl (C=O) groups excluding carboxylic acids is 1. The van der Waals surface area contributed by atoms with Gasteiger partial charge in [0.25, 0.3) is 0 Å². The van der Waals surface area contributed by atoms with Crippen molar-refractivity contribution in [3.05, 3.63) is 71.1 Å². The van der Waals surface area contributed by atoms with Gasteiger partial charge in [-0.1, -0.05) is 41.1 Å². The molecule has 0 bridgehead atoms. The first kappa shape index (κ1) is 19.4. The standard InChI is InChI=1S/C20H19ClN4O3/c1-27-12-17(20(26)28-2)16-9-14(21)8-7-13(16)10-25-11-19(23-24-25)15-5-3-4-6-18(15)22/h3-9,11-12H,10,22H2,1-2H3/b17-12+. The molecule has 0 radical (unpaired) electrons. The zero-order valence-corrected chi connectivity index (χ0v) is 16.2. The summed E-state index contributed by atoms with van der Waals surface area (Å²) in [5, 5.41) is 8.86. The third kappa shape index (κ3) is 4.15. The molecule has 0 fully saturated rings. The van der Waals surface area contributed by atoms with Crippen molar-refractivity contribution in [2.75, 3.05) is 20.0 Å². The summed E-state index contributed by atoms with van der Waals surface area (Å²) in [6.45, 7) is 0.365. The minimum Gasteiger partial charge on any atom is -0.503 e. The van der Waals surface area contributed by atoms with E-state index in [2.05, 4.69) is 10.3 Å². The maximum Gasteiger partial charge on any atom is 0.341 e. The zero-order valence-electron chi connectivity index (χ0n) is 15.4. The van der Waals surface area contributed by atoms with E-state index in [-0.39, 0.29) is 5.57 Å². The molecule has 1 aromatic heterocycles. The quantitative estimate of drug-likeness (QED) is 0.296. The molecule has 3 aromatic rings. The number of ether oxygens (including phenoxy) is 2. The second kappa shape index (κ2) is 8.58. The maximum atomic E-state index is 12.2. The van der Waals surface area contributed by atoms with Crippen LogP contribution in [0.3, 0.4) is 0 Å². The number of para-hydroxylation sites is 1. The van der Waals surface area contributed by atoms with Crippen molar-refractivity contribution < 1.29 is 14.3 Å². The van der Waals surface area contributed by atoms with Gasteiger partial charge in [-0.25, -0.2) is 9.48 Å². The van der Waals surface area contributed by atoms with Gasteiger partial charge in [0.2, 0.25) is 0 Å². The minimum absolute atomic E-state index is 0.259. The molecule has 0 aliphatic carbocycles. The monoisotopic (exact) mass is 398 g/mol. The van der Waals surface area contributed by atoms with Crippen molar-refractivity contribution in [3.8, 4) is 11.3 Å². The molecule has 0 amide bonds. The van der Waals surface area contributed by atoms with Gasteiger partial charge in [-0.2, -0.15) is 0 Å². The number of esters is 1. The van der Waals surface area contributed by atoms with Crippen LogP contribution < -0.4 is 5.73 Å². The molecule has 28 heavy (non-hydrogen) atoms. The van der Waals surface area contributed by atoms with Crippen LogP contribution in [0.1, 0.15) is 11.1 Å². The number of benzene rings is 2. The SMILES string of the molecule is CO/C=C(/C(=O)OC)c1cc(Cl)ccc1Cn1cc(-c2ccccc2N)nn1. The third-order valence-corrected chi connectivity index (χ3v) is 4.35. The minimum atomic E-state index is -0.526. The summed E-state index contributed by atoms with van der Waals surface area (Å²) in [7, 11) is 2.77. The van der Waals surface area contributed by atoms with E-state index in [1.165, 1.54) is 20.5 Å². The van der Waals surface area contributed by atoms with Crippen molar-refractivity contribution in [2.24, 2.45) is 0 Å². The molecule has 0 aliphatic heterocycles. The van der Waals surface area contributed by atoms with E-state index in [4.69, 9.17) is 26.8 Å². The Hall–Kier alpha value is -3.32. The first-order valence-corrected chi connectivity index (χ1v) is 8.76. The van der Waals surface area contributed by atoms with E-state index in [1.807, 2.05) is 30.3 Å². The van der Waals surface area contributed by atoms with E-state index >= 15 is 0 Å². The fourth-order valence-corrected chi connectivity index (χ4v) is 2.96. The molecule has 2 aromatic carbocycles. The lowest BCUT2D eigenvalue weighted by molar-refractivity contribution is -0.133. The number of rotatable bonds is 6. The smallest absolute Gasteiger partial charge is 0.341 e. The van der Waals surface area contributed by atoms with Crippen molar-refractivity contribution in [3.63, 3.8) is 0 Å². The summed E-state index contributed by atoms with van der Waals surface area (Å²) < 4.78 is 11.6. The molecule has 0 spiro atoms. The topological polar surface area (TPSA) is 92.3 Å². The fraction of sp³-hybridized carbons (Fsp3) is 0.150. The van der Waals surface area contributed by atoms with Crippen LogP contribution in [-0.2, 0) is 20.8 Å². The lowest BCUT2D eigenvalue weighted by Crippen LogP contribution is -2.09. The van der Waals surface area contributed by atoms with E-state index in [1.54, 1.807) is 23.0 Å². The molecule has 1 heterocycles. The van der Waals surface area contributed by atoms with Gasteiger partial charge in [-0.15, -0.1) is 5.10 Å². The Morgan fingerprint density at radius 1 is 1.25 bits per heavy atom. The molecule has 144 valence electrons. The molecule has 0 atom stereocenters. The van der Waals surface area contributed by atoms with Crippen LogP contribution in [0.15, 0.2) is 54.9 Å². The second-order valence-electron chi connectivity index (χ2n) is 5.95. The summed E-state index contributed by atoms with van der Waals surface area (Å²) in [6.07, 6.45) is 3.13. The van der Waals surface area contributed by atoms with Crippen molar-refractivity contribution in [1.29, 1.82) is 0 Å². The summed E-state index contributed by atoms with van der Waals surface area (Å²) >= 11 is 6.14. The molecular weight excluding hydrogens is 380 g/mol. The number of nitrogens with zero attached hydrogens (tertiary/aromatic N) is 3. The Morgan fingerprint density at radius 3 is 2.75 bits per heavy atom. The summed E-state index contributed by atoms with van der Waals surface area (Å²) in [5.41, 5.74) is 9.76. The number of nitrogens with two attached hydrogens (primary N) is 1. The van der Waals surface area contributed by atoms with Crippen LogP contribution in [0.4, 0.5) is 5.69 Å². The molecule has 0 aliphatic rings. The normalized spacial score (nSPS) is 11.3. The van der Waals surface area contributed by atoms with Gasteiger partial charge in [0.05, 0.1) is 33.2 Å². The molecular formula is C20H19ClN4O3. The average Bonchev–Trinajstić information content (AvgIpc) is 3.15. The largest absolute Gasteiger partial charge is 0.503 e. The Kier molecular flexibility index (Phi) is 5.96. The van der Waals surface area contributed by atoms with Crippen molar-refractivity contribution in [2.45, 2.75) is 6.54 Å². The molecule has 0 unspecified atom stereocenters. The maximum absolute atomic E-state index is 12.2. The Bertz CT molecular complexity index is 1030. The number of aromatic nitrogens is 3. The lowest BCUT2D eigenvalue weighted by Gasteiger charge is -2.12. The van der Waals surface area contributed by atoms with Crippen LogP contribution in [0.25, 0.3) is 16.8 Å². The van der Waals surface area contributed by atoms with Crippen LogP contribution in [-0.4, -0.2) is 35.2 Å². The highest BCUT2D eigenvalue weighted by Gasteiger charge is 2.18. The van der Waals surface area contributed by atoms with Crippen LogP contribution in [0, 0.1) is 0 Å². The van der Waals surface area contributed by atoms with Gasteiger partial charge >= 0.3 is 5.97 Å². The van der Waals surface area contributed by atoms with Gasteiger partial charge in [0.15, 0.2) is 0 Å². The van der Waals surface area contributed by atoms with Crippen LogP contribution in [0.2, 0.25) is 5.02 Å². The van der Waals surface area contributed by atoms with E-state index < -0.39 is 5.97 Å². The molecule has 2 N–H and O–H groups in total. The van der Waals surface area contributed by atoms with Gasteiger partial charge in [0.1, 0.15) is 11.3 Å². The average molecular weight is 399 g/mol. The van der Waals surface area contributed by atoms with Gasteiger partial charge in [-0.05, 0) is 29.3 Å². The number of nitrogen functional groups attached to an aromatic ring is 1. The Morgan fingerprint density at radius 2 is 2.04 bits per heavy atom. The molecule has 3 rings (SSSR count). The Labute approximate surface area is 167 Å². The number of hydrogen-bond donors (Lipinski definition) is 1. The highest BCUT2D eigenvalue weighted by molar-refractivity contribution is 6.31. The van der Waals surface area contributed by atoms with E-state index in [0.717, 1.165) is 11.1 Å².